The number of aliphatic hydroxyl groups excluding tert-OH is 1. The van der Waals surface area contributed by atoms with Crippen molar-refractivity contribution in [2.75, 3.05) is 26.8 Å². The Kier molecular flexibility index (Phi) is 8.60. The second kappa shape index (κ2) is 12.0. The molecule has 2 aliphatic heterocycles. The third-order valence-electron chi connectivity index (χ3n) is 6.83. The topological polar surface area (TPSA) is 91.3 Å². The summed E-state index contributed by atoms with van der Waals surface area (Å²) in [5.74, 6) is 0.685. The average Bonchev–Trinajstić information content (AvgIpc) is 3.58. The van der Waals surface area contributed by atoms with E-state index in [1.165, 1.54) is 0 Å². The van der Waals surface area contributed by atoms with E-state index in [-0.39, 0.29) is 24.6 Å². The number of hydrogen-bond donors (Lipinski definition) is 2. The van der Waals surface area contributed by atoms with Crippen LogP contribution in [-0.4, -0.2) is 71.8 Å². The number of hydrogen-bond acceptors (Lipinski definition) is 5. The summed E-state index contributed by atoms with van der Waals surface area (Å²) < 4.78 is 10.9. The first-order chi connectivity index (χ1) is 17.1. The summed E-state index contributed by atoms with van der Waals surface area (Å²) in [5, 5.41) is 13.7. The van der Waals surface area contributed by atoms with Gasteiger partial charge < -0.3 is 29.7 Å². The van der Waals surface area contributed by atoms with Gasteiger partial charge in [0.05, 0.1) is 32.5 Å². The summed E-state index contributed by atoms with van der Waals surface area (Å²) in [7, 11) is 1.61. The summed E-state index contributed by atoms with van der Waals surface area (Å²) in [6.07, 6.45) is 2.23. The number of nitrogens with zero attached hydrogens (tertiary/aromatic N) is 2. The van der Waals surface area contributed by atoms with Crippen molar-refractivity contribution in [1.29, 1.82) is 0 Å². The van der Waals surface area contributed by atoms with E-state index in [2.05, 4.69) is 5.32 Å². The molecule has 1 unspecified atom stereocenters. The van der Waals surface area contributed by atoms with Gasteiger partial charge in [0, 0.05) is 19.6 Å². The summed E-state index contributed by atoms with van der Waals surface area (Å²) in [4.78, 5) is 29.8. The van der Waals surface area contributed by atoms with Gasteiger partial charge >= 0.3 is 6.03 Å². The number of ether oxygens (including phenoxy) is 2. The van der Waals surface area contributed by atoms with Crippen LogP contribution < -0.4 is 10.1 Å². The van der Waals surface area contributed by atoms with Crippen LogP contribution in [0, 0.1) is 0 Å². The number of carbonyl (C=O) groups excluding carboxylic acids is 2. The fourth-order valence-corrected chi connectivity index (χ4v) is 4.93. The van der Waals surface area contributed by atoms with Crippen LogP contribution in [0.4, 0.5) is 4.79 Å². The van der Waals surface area contributed by atoms with Gasteiger partial charge in [-0.1, -0.05) is 42.5 Å². The minimum Gasteiger partial charge on any atom is -0.497 e. The summed E-state index contributed by atoms with van der Waals surface area (Å²) in [6, 6.07) is 16.3. The fraction of sp³-hybridized carbons (Fsp3) is 0.481. The number of aliphatic hydroxyl groups is 1. The molecule has 0 saturated carbocycles. The van der Waals surface area contributed by atoms with Gasteiger partial charge in [-0.3, -0.25) is 4.79 Å². The second-order valence-electron chi connectivity index (χ2n) is 9.17. The van der Waals surface area contributed by atoms with Crippen LogP contribution in [0.15, 0.2) is 54.6 Å². The van der Waals surface area contributed by atoms with Gasteiger partial charge in [0.25, 0.3) is 0 Å². The highest BCUT2D eigenvalue weighted by Crippen LogP contribution is 2.27. The van der Waals surface area contributed by atoms with Crippen LogP contribution in [0.5, 0.6) is 5.75 Å². The van der Waals surface area contributed by atoms with E-state index in [0.29, 0.717) is 32.7 Å². The van der Waals surface area contributed by atoms with E-state index < -0.39 is 12.1 Å². The molecule has 3 amide bonds. The minimum atomic E-state index is -0.760. The Morgan fingerprint density at radius 2 is 1.71 bits per heavy atom. The molecule has 2 aromatic rings. The molecule has 2 aromatic carbocycles. The van der Waals surface area contributed by atoms with Gasteiger partial charge in [-0.15, -0.1) is 0 Å². The molecule has 2 heterocycles. The fourth-order valence-electron chi connectivity index (χ4n) is 4.93. The predicted molar refractivity (Wildman–Crippen MR) is 132 cm³/mol. The molecule has 0 radical (unpaired) electrons. The molecule has 188 valence electrons. The predicted octanol–water partition coefficient (Wildman–Crippen LogP) is 2.94. The number of nitrogens with one attached hydrogen (secondary N) is 1. The van der Waals surface area contributed by atoms with Crippen molar-refractivity contribution in [3.63, 3.8) is 0 Å². The van der Waals surface area contributed by atoms with Crippen molar-refractivity contribution in [1.82, 2.24) is 15.1 Å². The maximum absolute atomic E-state index is 13.5. The van der Waals surface area contributed by atoms with Crippen molar-refractivity contribution in [2.24, 2.45) is 0 Å². The molecule has 0 aliphatic carbocycles. The molecule has 35 heavy (non-hydrogen) atoms. The Morgan fingerprint density at radius 1 is 1.00 bits per heavy atom. The molecule has 2 saturated heterocycles. The van der Waals surface area contributed by atoms with Crippen LogP contribution in [0.25, 0.3) is 0 Å². The molecule has 4 rings (SSSR count). The minimum absolute atomic E-state index is 0.0771. The summed E-state index contributed by atoms with van der Waals surface area (Å²) in [5.41, 5.74) is 2.00. The van der Waals surface area contributed by atoms with E-state index in [1.54, 1.807) is 16.9 Å². The Hall–Kier alpha value is -3.10. The van der Waals surface area contributed by atoms with E-state index in [1.807, 2.05) is 54.6 Å². The second-order valence-corrected chi connectivity index (χ2v) is 9.17. The maximum Gasteiger partial charge on any atom is 0.318 e. The lowest BCUT2D eigenvalue weighted by atomic mass is 10.1. The van der Waals surface area contributed by atoms with E-state index in [4.69, 9.17) is 9.47 Å². The van der Waals surface area contributed by atoms with E-state index in [0.717, 1.165) is 36.1 Å². The normalized spacial score (nSPS) is 20.6. The number of benzene rings is 2. The standard InChI is InChI=1S/C27H35N3O5/c1-34-22-13-11-20(12-14-22)17-28-27(33)30-16-6-10-24(30)26(32)29-15-5-9-23(29)25(31)19-35-18-21-7-3-2-4-8-21/h2-4,7-8,11-14,23-25,31H,5-6,9-10,15-19H2,1H3,(H,28,33)/t23?,24-,25+/m0/s1. The molecule has 2 N–H and O–H groups in total. The number of methoxy groups -OCH3 is 1. The van der Waals surface area contributed by atoms with Gasteiger partial charge in [-0.05, 0) is 48.9 Å². The molecule has 2 aliphatic rings. The SMILES string of the molecule is COc1ccc(CNC(=O)N2CCC[C@H]2C(=O)N2CCCC2[C@H](O)COCc2ccccc2)cc1. The van der Waals surface area contributed by atoms with Crippen molar-refractivity contribution in [3.05, 3.63) is 65.7 Å². The molecular weight excluding hydrogens is 446 g/mol. The van der Waals surface area contributed by atoms with Gasteiger partial charge in [0.15, 0.2) is 0 Å². The zero-order valence-electron chi connectivity index (χ0n) is 20.3. The van der Waals surface area contributed by atoms with Crippen LogP contribution in [0.2, 0.25) is 0 Å². The summed E-state index contributed by atoms with van der Waals surface area (Å²) in [6.45, 7) is 2.11. The van der Waals surface area contributed by atoms with Crippen LogP contribution in [0.1, 0.15) is 36.8 Å². The average molecular weight is 482 g/mol. The maximum atomic E-state index is 13.5. The molecule has 0 bridgehead atoms. The highest BCUT2D eigenvalue weighted by Gasteiger charge is 2.41. The molecule has 8 nitrogen and oxygen atoms in total. The Labute approximate surface area is 206 Å². The van der Waals surface area contributed by atoms with Crippen LogP contribution in [0.3, 0.4) is 0 Å². The zero-order chi connectivity index (χ0) is 24.6. The molecule has 0 spiro atoms. The van der Waals surface area contributed by atoms with Crippen molar-refractivity contribution >= 4 is 11.9 Å². The highest BCUT2D eigenvalue weighted by molar-refractivity contribution is 5.88. The Morgan fingerprint density at radius 3 is 2.46 bits per heavy atom. The lowest BCUT2D eigenvalue weighted by Crippen LogP contribution is -2.54. The van der Waals surface area contributed by atoms with Gasteiger partial charge in [0.1, 0.15) is 11.8 Å². The number of likely N-dealkylation sites (tertiary alicyclic amines) is 2. The number of urea groups is 1. The molecule has 0 aromatic heterocycles. The first-order valence-electron chi connectivity index (χ1n) is 12.3. The number of carbonyl (C=O) groups is 2. The van der Waals surface area contributed by atoms with Crippen LogP contribution in [-0.2, 0) is 22.7 Å². The Bertz CT molecular complexity index is 969. The molecule has 3 atom stereocenters. The van der Waals surface area contributed by atoms with Crippen LogP contribution >= 0.6 is 0 Å². The first-order valence-corrected chi connectivity index (χ1v) is 12.3. The third kappa shape index (κ3) is 6.32. The lowest BCUT2D eigenvalue weighted by Gasteiger charge is -2.33. The monoisotopic (exact) mass is 481 g/mol. The smallest absolute Gasteiger partial charge is 0.318 e. The number of amides is 3. The molecule has 2 fully saturated rings. The van der Waals surface area contributed by atoms with Crippen molar-refractivity contribution in [3.8, 4) is 5.75 Å². The highest BCUT2D eigenvalue weighted by atomic mass is 16.5. The van der Waals surface area contributed by atoms with Crippen molar-refractivity contribution < 1.29 is 24.2 Å². The zero-order valence-corrected chi connectivity index (χ0v) is 20.3. The van der Waals surface area contributed by atoms with Crippen molar-refractivity contribution in [2.45, 2.75) is 57.0 Å². The van der Waals surface area contributed by atoms with Gasteiger partial charge in [0.2, 0.25) is 5.91 Å². The largest absolute Gasteiger partial charge is 0.497 e. The summed E-state index contributed by atoms with van der Waals surface area (Å²) >= 11 is 0. The van der Waals surface area contributed by atoms with E-state index in [9.17, 15) is 14.7 Å². The van der Waals surface area contributed by atoms with E-state index >= 15 is 0 Å². The quantitative estimate of drug-likeness (QED) is 0.575. The first kappa shape index (κ1) is 25.0. The van der Waals surface area contributed by atoms with Gasteiger partial charge in [-0.2, -0.15) is 0 Å². The number of rotatable bonds is 9. The third-order valence-corrected chi connectivity index (χ3v) is 6.83. The Balaban J connectivity index is 1.30. The lowest BCUT2D eigenvalue weighted by molar-refractivity contribution is -0.139. The molecule has 8 heteroatoms. The molecular formula is C27H35N3O5. The van der Waals surface area contributed by atoms with Gasteiger partial charge in [-0.25, -0.2) is 4.79 Å².